The Hall–Kier alpha value is -2.26. The normalized spacial score (nSPS) is 10.2. The van der Waals surface area contributed by atoms with Gasteiger partial charge >= 0.3 is 0 Å². The number of aryl methyl sites for hydroxylation is 1. The van der Waals surface area contributed by atoms with Crippen molar-refractivity contribution in [3.63, 3.8) is 0 Å². The highest BCUT2D eigenvalue weighted by Gasteiger charge is 2.25. The first-order valence-corrected chi connectivity index (χ1v) is 7.25. The summed E-state index contributed by atoms with van der Waals surface area (Å²) in [7, 11) is -3.76. The minimum Gasteiger partial charge on any atom is -0.207 e. The van der Waals surface area contributed by atoms with Crippen molar-refractivity contribution < 1.29 is 8.42 Å². The summed E-state index contributed by atoms with van der Waals surface area (Å²) >= 11 is 0. The van der Waals surface area contributed by atoms with E-state index in [4.69, 9.17) is 11.7 Å². The van der Waals surface area contributed by atoms with Gasteiger partial charge in [-0.3, -0.25) is 0 Å². The zero-order valence-corrected chi connectivity index (χ0v) is 12.2. The fourth-order valence-electron chi connectivity index (χ4n) is 1.58. The van der Waals surface area contributed by atoms with E-state index >= 15 is 0 Å². The Morgan fingerprint density at radius 1 is 1.35 bits per heavy atom. The minimum absolute atomic E-state index is 0.0270. The Bertz CT molecular complexity index is 741. The highest BCUT2D eigenvalue weighted by atomic mass is 32.2. The standard InChI is InChI=1S/C15H14N2O2S/c1-4-6-10-17(9-5-2)20(18,19)15-11-14(12-16)8-7-13(15)3/h2,7-8,11H,9-10H2,1,3H3. The molecule has 0 fully saturated rings. The highest BCUT2D eigenvalue weighted by molar-refractivity contribution is 7.89. The van der Waals surface area contributed by atoms with E-state index in [0.29, 0.717) is 5.56 Å². The topological polar surface area (TPSA) is 61.2 Å². The molecule has 1 aromatic carbocycles. The molecule has 0 aliphatic heterocycles. The van der Waals surface area contributed by atoms with E-state index in [2.05, 4.69) is 17.8 Å². The summed E-state index contributed by atoms with van der Waals surface area (Å²) in [6.07, 6.45) is 5.21. The molecule has 1 rings (SSSR count). The lowest BCUT2D eigenvalue weighted by molar-refractivity contribution is 0.481. The van der Waals surface area contributed by atoms with E-state index in [9.17, 15) is 8.42 Å². The first-order chi connectivity index (χ1) is 9.47. The molecule has 0 aliphatic rings. The Balaban J connectivity index is 3.36. The molecule has 0 aliphatic carbocycles. The molecule has 0 spiro atoms. The number of nitriles is 1. The number of rotatable bonds is 4. The van der Waals surface area contributed by atoms with E-state index in [0.717, 1.165) is 4.31 Å². The van der Waals surface area contributed by atoms with Gasteiger partial charge < -0.3 is 0 Å². The SMILES string of the molecule is C#CCN(CC#CC)S(=O)(=O)c1cc(C#N)ccc1C. The molecule has 0 heterocycles. The van der Waals surface area contributed by atoms with Crippen LogP contribution in [0.3, 0.4) is 0 Å². The van der Waals surface area contributed by atoms with Gasteiger partial charge in [-0.15, -0.1) is 12.3 Å². The molecule has 0 radical (unpaired) electrons. The van der Waals surface area contributed by atoms with Crippen LogP contribution < -0.4 is 0 Å². The van der Waals surface area contributed by atoms with Crippen LogP contribution in [0.2, 0.25) is 0 Å². The average molecular weight is 286 g/mol. The summed E-state index contributed by atoms with van der Waals surface area (Å²) < 4.78 is 26.3. The quantitative estimate of drug-likeness (QED) is 0.788. The van der Waals surface area contributed by atoms with Crippen LogP contribution in [0.4, 0.5) is 0 Å². The summed E-state index contributed by atoms with van der Waals surface area (Å²) in [4.78, 5) is 0.0877. The summed E-state index contributed by atoms with van der Waals surface area (Å²) in [5.74, 6) is 7.65. The molecule has 0 bridgehead atoms. The maximum absolute atomic E-state index is 12.6. The lowest BCUT2D eigenvalue weighted by Gasteiger charge is -2.18. The molecule has 5 heteroatoms. The van der Waals surface area contributed by atoms with Gasteiger partial charge in [0, 0.05) is 0 Å². The average Bonchev–Trinajstić information content (AvgIpc) is 2.43. The fraction of sp³-hybridized carbons (Fsp3) is 0.267. The largest absolute Gasteiger partial charge is 0.245 e. The van der Waals surface area contributed by atoms with Crippen LogP contribution in [0.25, 0.3) is 0 Å². The van der Waals surface area contributed by atoms with Gasteiger partial charge in [0.05, 0.1) is 29.6 Å². The van der Waals surface area contributed by atoms with Crippen LogP contribution in [0.1, 0.15) is 18.1 Å². The lowest BCUT2D eigenvalue weighted by Crippen LogP contribution is -2.32. The van der Waals surface area contributed by atoms with E-state index in [-0.39, 0.29) is 23.5 Å². The molecule has 102 valence electrons. The molecule has 0 N–H and O–H groups in total. The molecule has 0 amide bonds. The van der Waals surface area contributed by atoms with Crippen molar-refractivity contribution in [2.24, 2.45) is 0 Å². The van der Waals surface area contributed by atoms with E-state index in [1.807, 2.05) is 6.07 Å². The van der Waals surface area contributed by atoms with Crippen LogP contribution in [0, 0.1) is 42.4 Å². The van der Waals surface area contributed by atoms with Crippen LogP contribution >= 0.6 is 0 Å². The van der Waals surface area contributed by atoms with Crippen molar-refractivity contribution in [1.82, 2.24) is 4.31 Å². The van der Waals surface area contributed by atoms with E-state index in [1.54, 1.807) is 26.0 Å². The van der Waals surface area contributed by atoms with Crippen molar-refractivity contribution >= 4 is 10.0 Å². The van der Waals surface area contributed by atoms with Crippen LogP contribution in [0.15, 0.2) is 23.1 Å². The lowest BCUT2D eigenvalue weighted by atomic mass is 10.2. The van der Waals surface area contributed by atoms with Crippen molar-refractivity contribution in [1.29, 1.82) is 5.26 Å². The molecule has 0 aromatic heterocycles. The third-order valence-electron chi connectivity index (χ3n) is 2.63. The smallest absolute Gasteiger partial charge is 0.207 e. The first kappa shape index (κ1) is 15.8. The maximum atomic E-state index is 12.6. The Morgan fingerprint density at radius 3 is 2.60 bits per heavy atom. The van der Waals surface area contributed by atoms with Gasteiger partial charge in [-0.05, 0) is 31.5 Å². The van der Waals surface area contributed by atoms with Crippen LogP contribution in [-0.4, -0.2) is 25.8 Å². The van der Waals surface area contributed by atoms with E-state index < -0.39 is 10.0 Å². The molecular formula is C15H14N2O2S. The van der Waals surface area contributed by atoms with Crippen molar-refractivity contribution in [3.05, 3.63) is 29.3 Å². The second-order valence-corrected chi connectivity index (χ2v) is 5.90. The summed E-state index contributed by atoms with van der Waals surface area (Å²) in [5.41, 5.74) is 0.854. The monoisotopic (exact) mass is 286 g/mol. The Labute approximate surface area is 120 Å². The second kappa shape index (κ2) is 6.78. The molecule has 0 saturated carbocycles. The molecule has 1 aromatic rings. The van der Waals surface area contributed by atoms with Crippen LogP contribution in [0.5, 0.6) is 0 Å². The molecule has 0 atom stereocenters. The van der Waals surface area contributed by atoms with Gasteiger partial charge in [0.2, 0.25) is 10.0 Å². The molecule has 4 nitrogen and oxygen atoms in total. The van der Waals surface area contributed by atoms with Crippen molar-refractivity contribution in [2.45, 2.75) is 18.7 Å². The third-order valence-corrected chi connectivity index (χ3v) is 4.57. The number of benzene rings is 1. The second-order valence-electron chi connectivity index (χ2n) is 4.00. The number of terminal acetylenes is 1. The zero-order valence-electron chi connectivity index (χ0n) is 11.3. The first-order valence-electron chi connectivity index (χ1n) is 5.81. The zero-order chi connectivity index (χ0) is 15.2. The summed E-state index contributed by atoms with van der Waals surface area (Å²) in [6, 6.07) is 6.46. The Kier molecular flexibility index (Phi) is 5.35. The predicted molar refractivity (Wildman–Crippen MR) is 76.9 cm³/mol. The van der Waals surface area contributed by atoms with E-state index in [1.165, 1.54) is 6.07 Å². The van der Waals surface area contributed by atoms with Gasteiger partial charge in [0.15, 0.2) is 0 Å². The highest BCUT2D eigenvalue weighted by Crippen LogP contribution is 2.20. The van der Waals surface area contributed by atoms with Crippen molar-refractivity contribution in [2.75, 3.05) is 13.1 Å². The van der Waals surface area contributed by atoms with Gasteiger partial charge in [-0.2, -0.15) is 9.57 Å². The number of sulfonamides is 1. The fourth-order valence-corrected chi connectivity index (χ4v) is 3.09. The van der Waals surface area contributed by atoms with Gasteiger partial charge in [-0.25, -0.2) is 8.42 Å². The van der Waals surface area contributed by atoms with Crippen LogP contribution in [-0.2, 0) is 10.0 Å². The maximum Gasteiger partial charge on any atom is 0.245 e. The number of hydrogen-bond donors (Lipinski definition) is 0. The van der Waals surface area contributed by atoms with Gasteiger partial charge in [0.1, 0.15) is 0 Å². The summed E-state index contributed by atoms with van der Waals surface area (Å²) in [6.45, 7) is 3.27. The minimum atomic E-state index is -3.76. The van der Waals surface area contributed by atoms with Gasteiger partial charge in [0.25, 0.3) is 0 Å². The number of hydrogen-bond acceptors (Lipinski definition) is 3. The Morgan fingerprint density at radius 2 is 2.05 bits per heavy atom. The molecule has 0 saturated heterocycles. The molecule has 20 heavy (non-hydrogen) atoms. The molecular weight excluding hydrogens is 272 g/mol. The molecule has 0 unspecified atom stereocenters. The third kappa shape index (κ3) is 3.39. The van der Waals surface area contributed by atoms with Gasteiger partial charge in [-0.1, -0.05) is 17.9 Å². The number of nitrogens with zero attached hydrogens (tertiary/aromatic N) is 2. The predicted octanol–water partition coefficient (Wildman–Crippen LogP) is 1.51. The van der Waals surface area contributed by atoms with Crippen molar-refractivity contribution in [3.8, 4) is 30.3 Å². The summed E-state index contributed by atoms with van der Waals surface area (Å²) in [5, 5.41) is 8.89.